The Morgan fingerprint density at radius 3 is 2.57 bits per heavy atom. The molecule has 0 fully saturated rings. The van der Waals surface area contributed by atoms with E-state index in [2.05, 4.69) is 15.4 Å². The minimum absolute atomic E-state index is 0.0735. The van der Waals surface area contributed by atoms with Crippen molar-refractivity contribution in [1.29, 1.82) is 0 Å². The van der Waals surface area contributed by atoms with Crippen molar-refractivity contribution in [3.05, 3.63) is 54.1 Å². The van der Waals surface area contributed by atoms with Gasteiger partial charge in [0.2, 0.25) is 5.82 Å². The van der Waals surface area contributed by atoms with Crippen LogP contribution in [0.3, 0.4) is 0 Å². The third kappa shape index (κ3) is 2.51. The summed E-state index contributed by atoms with van der Waals surface area (Å²) in [4.78, 5) is 12.8. The molecule has 3 aromatic rings. The van der Waals surface area contributed by atoms with Crippen molar-refractivity contribution in [3.63, 3.8) is 0 Å². The first-order valence-electron chi connectivity index (χ1n) is 6.41. The van der Waals surface area contributed by atoms with Gasteiger partial charge in [0.1, 0.15) is 0 Å². The first kappa shape index (κ1) is 13.0. The number of nitrogens with two attached hydrogens (primary N) is 1. The normalized spacial score (nSPS) is 10.5. The number of nitrogens with zero attached hydrogens (tertiary/aromatic N) is 4. The molecule has 0 saturated carbocycles. The Hall–Kier alpha value is -3.02. The second-order valence-corrected chi connectivity index (χ2v) is 4.60. The molecule has 21 heavy (non-hydrogen) atoms. The Morgan fingerprint density at radius 1 is 1.14 bits per heavy atom. The van der Waals surface area contributed by atoms with Gasteiger partial charge in [-0.05, 0) is 30.3 Å². The minimum Gasteiger partial charge on any atom is -0.398 e. The number of Topliss-reactive ketones (excluding diaryl/α,β-unsaturated/α-hetero) is 1. The van der Waals surface area contributed by atoms with Crippen LogP contribution in [-0.4, -0.2) is 26.0 Å². The smallest absolute Gasteiger partial charge is 0.205 e. The number of carbonyl (C=O) groups excluding carboxylic acids is 1. The number of benzene rings is 2. The standard InChI is InChI=1S/C15H13N5O/c1-10(21)13-8-7-12(9-14(13)16)20-18-15(17-19-20)11-5-3-2-4-6-11/h2-9H,16H2,1H3. The maximum absolute atomic E-state index is 11.4. The van der Waals surface area contributed by atoms with Gasteiger partial charge >= 0.3 is 0 Å². The summed E-state index contributed by atoms with van der Waals surface area (Å²) >= 11 is 0. The van der Waals surface area contributed by atoms with Crippen LogP contribution >= 0.6 is 0 Å². The number of tetrazole rings is 1. The molecule has 0 bridgehead atoms. The lowest BCUT2D eigenvalue weighted by atomic mass is 10.1. The van der Waals surface area contributed by atoms with Gasteiger partial charge in [-0.3, -0.25) is 4.79 Å². The van der Waals surface area contributed by atoms with Crippen LogP contribution in [0.15, 0.2) is 48.5 Å². The number of hydrogen-bond donors (Lipinski definition) is 1. The largest absolute Gasteiger partial charge is 0.398 e. The van der Waals surface area contributed by atoms with Crippen LogP contribution in [0, 0.1) is 0 Å². The predicted octanol–water partition coefficient (Wildman–Crippen LogP) is 2.11. The van der Waals surface area contributed by atoms with Crippen LogP contribution in [0.25, 0.3) is 17.1 Å². The van der Waals surface area contributed by atoms with E-state index in [4.69, 9.17) is 5.73 Å². The van der Waals surface area contributed by atoms with Gasteiger partial charge in [-0.25, -0.2) is 0 Å². The van der Waals surface area contributed by atoms with E-state index in [1.807, 2.05) is 30.3 Å². The van der Waals surface area contributed by atoms with Gasteiger partial charge in [0, 0.05) is 16.8 Å². The van der Waals surface area contributed by atoms with Gasteiger partial charge in [-0.15, -0.1) is 15.0 Å². The van der Waals surface area contributed by atoms with E-state index in [1.54, 1.807) is 18.2 Å². The van der Waals surface area contributed by atoms with Crippen LogP contribution in [0.5, 0.6) is 0 Å². The van der Waals surface area contributed by atoms with Crippen LogP contribution in [0.2, 0.25) is 0 Å². The van der Waals surface area contributed by atoms with Crippen LogP contribution in [0.1, 0.15) is 17.3 Å². The molecule has 104 valence electrons. The molecule has 6 heteroatoms. The molecule has 2 N–H and O–H groups in total. The highest BCUT2D eigenvalue weighted by Gasteiger charge is 2.10. The molecule has 0 unspecified atom stereocenters. The first-order valence-corrected chi connectivity index (χ1v) is 6.41. The number of aromatic nitrogens is 4. The van der Waals surface area contributed by atoms with Crippen molar-refractivity contribution >= 4 is 11.5 Å². The van der Waals surface area contributed by atoms with Gasteiger partial charge in [0.25, 0.3) is 0 Å². The van der Waals surface area contributed by atoms with Crippen molar-refractivity contribution in [2.24, 2.45) is 0 Å². The quantitative estimate of drug-likeness (QED) is 0.586. The summed E-state index contributed by atoms with van der Waals surface area (Å²) in [6.45, 7) is 1.48. The average molecular weight is 279 g/mol. The summed E-state index contributed by atoms with van der Waals surface area (Å²) in [5.41, 5.74) is 8.30. The van der Waals surface area contributed by atoms with Gasteiger partial charge in [-0.2, -0.15) is 0 Å². The number of ketones is 1. The summed E-state index contributed by atoms with van der Waals surface area (Å²) in [6, 6.07) is 14.6. The zero-order chi connectivity index (χ0) is 14.8. The van der Waals surface area contributed by atoms with E-state index < -0.39 is 0 Å². The lowest BCUT2D eigenvalue weighted by Crippen LogP contribution is -2.04. The van der Waals surface area contributed by atoms with Crippen LogP contribution in [-0.2, 0) is 0 Å². The van der Waals surface area contributed by atoms with Crippen molar-refractivity contribution in [1.82, 2.24) is 20.2 Å². The van der Waals surface area contributed by atoms with E-state index in [1.165, 1.54) is 11.7 Å². The number of carbonyl (C=O) groups is 1. The fourth-order valence-corrected chi connectivity index (χ4v) is 2.02. The number of anilines is 1. The molecule has 6 nitrogen and oxygen atoms in total. The number of hydrogen-bond acceptors (Lipinski definition) is 5. The molecule has 1 heterocycles. The Labute approximate surface area is 121 Å². The molecular weight excluding hydrogens is 266 g/mol. The van der Waals surface area contributed by atoms with E-state index >= 15 is 0 Å². The fourth-order valence-electron chi connectivity index (χ4n) is 2.02. The highest BCUT2D eigenvalue weighted by molar-refractivity contribution is 5.99. The SMILES string of the molecule is CC(=O)c1ccc(-n2nnc(-c3ccccc3)n2)cc1N. The van der Waals surface area contributed by atoms with E-state index in [-0.39, 0.29) is 5.78 Å². The van der Waals surface area contributed by atoms with Gasteiger partial charge in [-0.1, -0.05) is 30.3 Å². The third-order valence-corrected chi connectivity index (χ3v) is 3.09. The third-order valence-electron chi connectivity index (χ3n) is 3.09. The minimum atomic E-state index is -0.0735. The van der Waals surface area contributed by atoms with Crippen molar-refractivity contribution in [3.8, 4) is 17.1 Å². The molecule has 0 spiro atoms. The Kier molecular flexibility index (Phi) is 3.19. The number of rotatable bonds is 3. The van der Waals surface area contributed by atoms with Gasteiger partial charge < -0.3 is 5.73 Å². The lowest BCUT2D eigenvalue weighted by Gasteiger charge is -2.04. The van der Waals surface area contributed by atoms with Crippen LogP contribution in [0.4, 0.5) is 5.69 Å². The molecule has 0 amide bonds. The summed E-state index contributed by atoms with van der Waals surface area (Å²) < 4.78 is 0. The van der Waals surface area contributed by atoms with E-state index in [9.17, 15) is 4.79 Å². The molecule has 0 aliphatic carbocycles. The Morgan fingerprint density at radius 2 is 1.90 bits per heavy atom. The first-order chi connectivity index (χ1) is 10.1. The zero-order valence-corrected chi connectivity index (χ0v) is 11.4. The molecule has 3 rings (SSSR count). The van der Waals surface area contributed by atoms with Crippen molar-refractivity contribution < 1.29 is 4.79 Å². The molecule has 0 aliphatic heterocycles. The second kappa shape index (κ2) is 5.16. The van der Waals surface area contributed by atoms with Crippen molar-refractivity contribution in [2.45, 2.75) is 6.92 Å². The monoisotopic (exact) mass is 279 g/mol. The van der Waals surface area contributed by atoms with Gasteiger partial charge in [0.05, 0.1) is 5.69 Å². The molecule has 0 atom stereocenters. The maximum Gasteiger partial charge on any atom is 0.205 e. The molecule has 0 aliphatic rings. The van der Waals surface area contributed by atoms with Crippen LogP contribution < -0.4 is 5.73 Å². The highest BCUT2D eigenvalue weighted by Crippen LogP contribution is 2.18. The summed E-state index contributed by atoms with van der Waals surface area (Å²) in [5.74, 6) is 0.459. The molecule has 1 aromatic heterocycles. The molecular formula is C15H13N5O. The highest BCUT2D eigenvalue weighted by atomic mass is 16.1. The average Bonchev–Trinajstić information content (AvgIpc) is 2.97. The van der Waals surface area contributed by atoms with E-state index in [0.717, 1.165) is 5.56 Å². The zero-order valence-electron chi connectivity index (χ0n) is 11.4. The lowest BCUT2D eigenvalue weighted by molar-refractivity contribution is 0.101. The Bertz CT molecular complexity index is 795. The maximum atomic E-state index is 11.4. The topological polar surface area (TPSA) is 86.7 Å². The predicted molar refractivity (Wildman–Crippen MR) is 79.0 cm³/mol. The van der Waals surface area contributed by atoms with Crippen molar-refractivity contribution in [2.75, 3.05) is 5.73 Å². The Balaban J connectivity index is 1.97. The summed E-state index contributed by atoms with van der Waals surface area (Å²) in [7, 11) is 0. The second-order valence-electron chi connectivity index (χ2n) is 4.60. The number of nitrogen functional groups attached to an aromatic ring is 1. The summed E-state index contributed by atoms with van der Waals surface area (Å²) in [5, 5.41) is 12.4. The molecule has 0 radical (unpaired) electrons. The molecule has 2 aromatic carbocycles. The fraction of sp³-hybridized carbons (Fsp3) is 0.0667. The summed E-state index contributed by atoms with van der Waals surface area (Å²) in [6.07, 6.45) is 0. The molecule has 0 saturated heterocycles. The van der Waals surface area contributed by atoms with Gasteiger partial charge in [0.15, 0.2) is 5.78 Å². The van der Waals surface area contributed by atoms with E-state index in [0.29, 0.717) is 22.8 Å².